The Morgan fingerprint density at radius 1 is 1.50 bits per heavy atom. The number of carbonyl (C=O) groups is 1. The zero-order valence-electron chi connectivity index (χ0n) is 11.2. The SMILES string of the molecule is COC(=O)C1c2[nH]c3ccc(O)cc3c2C2CCN1C2. The zero-order valence-corrected chi connectivity index (χ0v) is 11.2. The Balaban J connectivity index is 1.98. The number of ether oxygens (including phenoxy) is 1. The molecule has 0 aliphatic carbocycles. The number of carbonyl (C=O) groups excluding carboxylic acids is 1. The number of nitrogens with zero attached hydrogens (tertiary/aromatic N) is 1. The topological polar surface area (TPSA) is 65.6 Å². The van der Waals surface area contributed by atoms with Gasteiger partial charge in [0.25, 0.3) is 0 Å². The van der Waals surface area contributed by atoms with Crippen LogP contribution in [0.5, 0.6) is 5.75 Å². The Hall–Kier alpha value is -2.01. The number of aromatic nitrogens is 1. The summed E-state index contributed by atoms with van der Waals surface area (Å²) in [6, 6.07) is 4.96. The number of aromatic hydroxyl groups is 1. The van der Waals surface area contributed by atoms with Crippen LogP contribution in [0.15, 0.2) is 18.2 Å². The molecule has 0 radical (unpaired) electrons. The van der Waals surface area contributed by atoms with Crippen molar-refractivity contribution in [2.45, 2.75) is 18.4 Å². The van der Waals surface area contributed by atoms with Gasteiger partial charge in [0.05, 0.1) is 7.11 Å². The fraction of sp³-hybridized carbons (Fsp3) is 0.400. The normalized spacial score (nSPS) is 27.6. The summed E-state index contributed by atoms with van der Waals surface area (Å²) in [4.78, 5) is 17.7. The molecule has 0 spiro atoms. The molecule has 1 aromatic carbocycles. The maximum Gasteiger partial charge on any atom is 0.329 e. The van der Waals surface area contributed by atoms with E-state index in [2.05, 4.69) is 9.88 Å². The fourth-order valence-corrected chi connectivity index (χ4v) is 3.70. The monoisotopic (exact) mass is 272 g/mol. The Bertz CT molecular complexity index is 706. The van der Waals surface area contributed by atoms with E-state index in [0.29, 0.717) is 5.92 Å². The van der Waals surface area contributed by atoms with Gasteiger partial charge < -0.3 is 14.8 Å². The van der Waals surface area contributed by atoms with Crippen LogP contribution in [0.25, 0.3) is 10.9 Å². The molecule has 104 valence electrons. The molecule has 1 aromatic heterocycles. The number of phenols is 1. The largest absolute Gasteiger partial charge is 0.508 e. The van der Waals surface area contributed by atoms with Crippen LogP contribution in [-0.2, 0) is 9.53 Å². The number of rotatable bonds is 1. The van der Waals surface area contributed by atoms with Gasteiger partial charge in [0, 0.05) is 29.1 Å². The molecular formula is C15H16N2O3. The second-order valence-electron chi connectivity index (χ2n) is 5.59. The molecule has 0 saturated carbocycles. The molecule has 2 aromatic rings. The summed E-state index contributed by atoms with van der Waals surface area (Å²) in [5.41, 5.74) is 3.08. The first-order chi connectivity index (χ1) is 9.69. The van der Waals surface area contributed by atoms with E-state index in [1.165, 1.54) is 12.7 Å². The van der Waals surface area contributed by atoms with Gasteiger partial charge >= 0.3 is 5.97 Å². The van der Waals surface area contributed by atoms with Crippen molar-refractivity contribution in [3.05, 3.63) is 29.5 Å². The molecule has 5 heteroatoms. The molecule has 20 heavy (non-hydrogen) atoms. The van der Waals surface area contributed by atoms with E-state index in [1.54, 1.807) is 12.1 Å². The average molecular weight is 272 g/mol. The lowest BCUT2D eigenvalue weighted by Crippen LogP contribution is -2.36. The van der Waals surface area contributed by atoms with E-state index in [1.807, 2.05) is 6.07 Å². The second-order valence-corrected chi connectivity index (χ2v) is 5.59. The van der Waals surface area contributed by atoms with E-state index in [-0.39, 0.29) is 17.8 Å². The van der Waals surface area contributed by atoms with Crippen LogP contribution < -0.4 is 0 Å². The van der Waals surface area contributed by atoms with Crippen LogP contribution in [0, 0.1) is 0 Å². The van der Waals surface area contributed by atoms with Gasteiger partial charge in [-0.1, -0.05) is 0 Å². The minimum absolute atomic E-state index is 0.220. The third kappa shape index (κ3) is 1.44. The standard InChI is InChI=1S/C15H16N2O3/c1-20-15(19)14-13-12(8-4-5-17(14)7-8)10-6-9(18)2-3-11(10)16-13/h2-3,6,8,14,16,18H,4-5,7H2,1H3. The number of methoxy groups -OCH3 is 1. The highest BCUT2D eigenvalue weighted by atomic mass is 16.5. The quantitative estimate of drug-likeness (QED) is 0.778. The molecule has 4 rings (SSSR count). The number of fused-ring (bicyclic) bond motifs is 6. The molecule has 5 nitrogen and oxygen atoms in total. The zero-order chi connectivity index (χ0) is 13.9. The summed E-state index contributed by atoms with van der Waals surface area (Å²) < 4.78 is 4.97. The molecule has 2 aliphatic rings. The molecule has 3 atom stereocenters. The number of phenolic OH excluding ortho intramolecular Hbond substituents is 1. The molecule has 2 bridgehead atoms. The predicted molar refractivity (Wildman–Crippen MR) is 73.7 cm³/mol. The highest BCUT2D eigenvalue weighted by Crippen LogP contribution is 2.46. The number of hydrogen-bond acceptors (Lipinski definition) is 4. The first kappa shape index (κ1) is 11.8. The minimum Gasteiger partial charge on any atom is -0.508 e. The van der Waals surface area contributed by atoms with Crippen molar-refractivity contribution in [2.75, 3.05) is 20.2 Å². The first-order valence-electron chi connectivity index (χ1n) is 6.85. The molecular weight excluding hydrogens is 256 g/mol. The third-order valence-electron chi connectivity index (χ3n) is 4.54. The van der Waals surface area contributed by atoms with Crippen LogP contribution >= 0.6 is 0 Å². The molecule has 2 N–H and O–H groups in total. The summed E-state index contributed by atoms with van der Waals surface area (Å²) in [5.74, 6) is 0.471. The van der Waals surface area contributed by atoms with Gasteiger partial charge in [0.15, 0.2) is 0 Å². The third-order valence-corrected chi connectivity index (χ3v) is 4.54. The summed E-state index contributed by atoms with van der Waals surface area (Å²) in [5, 5.41) is 10.8. The summed E-state index contributed by atoms with van der Waals surface area (Å²) >= 11 is 0. The highest BCUT2D eigenvalue weighted by molar-refractivity contribution is 5.90. The Kier molecular flexibility index (Phi) is 2.35. The predicted octanol–water partition coefficient (Wildman–Crippen LogP) is 1.89. The van der Waals surface area contributed by atoms with Gasteiger partial charge in [-0.05, 0) is 36.7 Å². The van der Waals surface area contributed by atoms with E-state index < -0.39 is 0 Å². The molecule has 1 fully saturated rings. The van der Waals surface area contributed by atoms with Gasteiger partial charge in [-0.3, -0.25) is 4.90 Å². The summed E-state index contributed by atoms with van der Waals surface area (Å²) in [7, 11) is 1.43. The Labute approximate surface area is 116 Å². The number of hydrogen-bond donors (Lipinski definition) is 2. The van der Waals surface area contributed by atoms with Crippen LogP contribution in [-0.4, -0.2) is 41.2 Å². The first-order valence-corrected chi connectivity index (χ1v) is 6.85. The number of benzene rings is 1. The molecule has 2 aliphatic heterocycles. The number of esters is 1. The Morgan fingerprint density at radius 2 is 2.35 bits per heavy atom. The molecule has 3 unspecified atom stereocenters. The van der Waals surface area contributed by atoms with Gasteiger partial charge in [-0.15, -0.1) is 0 Å². The molecule has 0 amide bonds. The van der Waals surface area contributed by atoms with Crippen molar-refractivity contribution in [3.8, 4) is 5.75 Å². The maximum absolute atomic E-state index is 12.1. The van der Waals surface area contributed by atoms with Gasteiger partial charge in [0.1, 0.15) is 11.8 Å². The average Bonchev–Trinajstić information content (AvgIpc) is 3.01. The van der Waals surface area contributed by atoms with E-state index in [4.69, 9.17) is 4.74 Å². The van der Waals surface area contributed by atoms with Crippen LogP contribution in [0.2, 0.25) is 0 Å². The van der Waals surface area contributed by atoms with Crippen LogP contribution in [0.3, 0.4) is 0 Å². The Morgan fingerprint density at radius 3 is 3.15 bits per heavy atom. The second kappa shape index (κ2) is 3.99. The minimum atomic E-state index is -0.344. The highest BCUT2D eigenvalue weighted by Gasteiger charge is 2.44. The van der Waals surface area contributed by atoms with Crippen LogP contribution in [0.1, 0.15) is 29.6 Å². The van der Waals surface area contributed by atoms with Gasteiger partial charge in [0.2, 0.25) is 0 Å². The lowest BCUT2D eigenvalue weighted by atomic mass is 9.90. The number of aromatic amines is 1. The smallest absolute Gasteiger partial charge is 0.329 e. The van der Waals surface area contributed by atoms with E-state index in [0.717, 1.165) is 36.1 Å². The van der Waals surface area contributed by atoms with E-state index >= 15 is 0 Å². The summed E-state index contributed by atoms with van der Waals surface area (Å²) in [6.07, 6.45) is 1.04. The van der Waals surface area contributed by atoms with Crippen molar-refractivity contribution < 1.29 is 14.6 Å². The van der Waals surface area contributed by atoms with Crippen molar-refractivity contribution in [1.29, 1.82) is 0 Å². The lowest BCUT2D eigenvalue weighted by Gasteiger charge is -2.30. The fourth-order valence-electron chi connectivity index (χ4n) is 3.70. The molecule has 3 heterocycles. The van der Waals surface area contributed by atoms with E-state index in [9.17, 15) is 9.90 Å². The lowest BCUT2D eigenvalue weighted by molar-refractivity contribution is -0.147. The summed E-state index contributed by atoms with van der Waals surface area (Å²) in [6.45, 7) is 1.79. The van der Waals surface area contributed by atoms with Crippen molar-refractivity contribution in [1.82, 2.24) is 9.88 Å². The van der Waals surface area contributed by atoms with Crippen molar-refractivity contribution in [2.24, 2.45) is 0 Å². The van der Waals surface area contributed by atoms with Gasteiger partial charge in [-0.25, -0.2) is 4.79 Å². The molecule has 1 saturated heterocycles. The maximum atomic E-state index is 12.1. The number of H-pyrrole nitrogens is 1. The van der Waals surface area contributed by atoms with Crippen molar-refractivity contribution in [3.63, 3.8) is 0 Å². The van der Waals surface area contributed by atoms with Crippen LogP contribution in [0.4, 0.5) is 0 Å². The number of nitrogens with one attached hydrogen (secondary N) is 1. The van der Waals surface area contributed by atoms with Crippen molar-refractivity contribution >= 4 is 16.9 Å². The van der Waals surface area contributed by atoms with Gasteiger partial charge in [-0.2, -0.15) is 0 Å².